The van der Waals surface area contributed by atoms with Crippen molar-refractivity contribution >= 4 is 17.3 Å². The van der Waals surface area contributed by atoms with E-state index < -0.39 is 0 Å². The molecule has 22 heavy (non-hydrogen) atoms. The summed E-state index contributed by atoms with van der Waals surface area (Å²) in [5.41, 5.74) is 4.87. The number of pyridine rings is 1. The van der Waals surface area contributed by atoms with E-state index in [1.165, 1.54) is 21.6 Å². The van der Waals surface area contributed by atoms with Crippen molar-refractivity contribution in [1.29, 1.82) is 0 Å². The Bertz CT molecular complexity index is 809. The van der Waals surface area contributed by atoms with Gasteiger partial charge >= 0.3 is 0 Å². The number of nitrogens with zero attached hydrogens (tertiary/aromatic N) is 1. The second-order valence-electron chi connectivity index (χ2n) is 5.25. The summed E-state index contributed by atoms with van der Waals surface area (Å²) < 4.78 is 0. The predicted octanol–water partition coefficient (Wildman–Crippen LogP) is 5.36. The largest absolute Gasteiger partial charge is 0.255 e. The Hall–Kier alpha value is -2.32. The Morgan fingerprint density at radius 1 is 0.773 bits per heavy atom. The molecule has 0 aliphatic carbocycles. The summed E-state index contributed by atoms with van der Waals surface area (Å²) in [5, 5.41) is 0.327. The fraction of sp³-hybridized carbons (Fsp3) is 0.0500. The molecular weight excluding hydrogens is 286 g/mol. The maximum atomic E-state index is 4.62. The molecule has 0 saturated carbocycles. The summed E-state index contributed by atoms with van der Waals surface area (Å²) in [6.45, 7) is 0. The van der Waals surface area contributed by atoms with Crippen LogP contribution in [0.25, 0.3) is 5.57 Å². The summed E-state index contributed by atoms with van der Waals surface area (Å²) >= 11 is 1.87. The fourth-order valence-corrected chi connectivity index (χ4v) is 3.95. The van der Waals surface area contributed by atoms with E-state index in [-0.39, 0.29) is 0 Å². The first-order valence-electron chi connectivity index (χ1n) is 7.36. The predicted molar refractivity (Wildman–Crippen MR) is 92.8 cm³/mol. The highest BCUT2D eigenvalue weighted by Gasteiger charge is 2.22. The molecule has 0 radical (unpaired) electrons. The van der Waals surface area contributed by atoms with Crippen molar-refractivity contribution in [3.63, 3.8) is 0 Å². The van der Waals surface area contributed by atoms with Gasteiger partial charge in [0.15, 0.2) is 0 Å². The molecule has 1 aliphatic rings. The number of rotatable bonds is 2. The molecule has 0 fully saturated rings. The van der Waals surface area contributed by atoms with E-state index in [2.05, 4.69) is 77.8 Å². The van der Waals surface area contributed by atoms with E-state index in [4.69, 9.17) is 0 Å². The van der Waals surface area contributed by atoms with Crippen LogP contribution in [0.2, 0.25) is 0 Å². The van der Waals surface area contributed by atoms with Gasteiger partial charge in [0.2, 0.25) is 0 Å². The van der Waals surface area contributed by atoms with Gasteiger partial charge in [-0.3, -0.25) is 4.98 Å². The third-order valence-corrected chi connectivity index (χ3v) is 5.06. The van der Waals surface area contributed by atoms with Crippen LogP contribution in [0.15, 0.2) is 90.0 Å². The van der Waals surface area contributed by atoms with Crippen molar-refractivity contribution in [2.24, 2.45) is 0 Å². The van der Waals surface area contributed by atoms with E-state index in [1.807, 2.05) is 24.0 Å². The zero-order chi connectivity index (χ0) is 14.8. The molecular formula is C20H15NS. The third-order valence-electron chi connectivity index (χ3n) is 3.81. The summed E-state index contributed by atoms with van der Waals surface area (Å²) in [5.74, 6) is 0. The quantitative estimate of drug-likeness (QED) is 0.632. The second kappa shape index (κ2) is 5.82. The lowest BCUT2D eigenvalue weighted by atomic mass is 9.98. The van der Waals surface area contributed by atoms with Gasteiger partial charge in [0.25, 0.3) is 0 Å². The van der Waals surface area contributed by atoms with Crippen LogP contribution in [0.5, 0.6) is 0 Å². The Kier molecular flexibility index (Phi) is 3.53. The summed E-state index contributed by atoms with van der Waals surface area (Å²) in [6, 6.07) is 25.4. The lowest BCUT2D eigenvalue weighted by Gasteiger charge is -2.23. The molecule has 2 aromatic carbocycles. The Morgan fingerprint density at radius 2 is 1.50 bits per heavy atom. The molecule has 4 rings (SSSR count). The Balaban J connectivity index is 1.86. The maximum Gasteiger partial charge on any atom is 0.0841 e. The number of hydrogen-bond donors (Lipinski definition) is 0. The number of aromatic nitrogens is 1. The maximum absolute atomic E-state index is 4.62. The summed E-state index contributed by atoms with van der Waals surface area (Å²) in [4.78, 5) is 5.86. The van der Waals surface area contributed by atoms with Crippen molar-refractivity contribution in [2.75, 3.05) is 0 Å². The molecule has 0 N–H and O–H groups in total. The monoisotopic (exact) mass is 301 g/mol. The summed E-state index contributed by atoms with van der Waals surface area (Å²) in [6.07, 6.45) is 4.21. The van der Waals surface area contributed by atoms with Gasteiger partial charge < -0.3 is 0 Å². The van der Waals surface area contributed by atoms with Crippen LogP contribution in [0.1, 0.15) is 22.1 Å². The van der Waals surface area contributed by atoms with Crippen LogP contribution in [0, 0.1) is 0 Å². The number of hydrogen-bond acceptors (Lipinski definition) is 2. The van der Waals surface area contributed by atoms with E-state index in [0.717, 1.165) is 5.69 Å². The molecule has 0 saturated heterocycles. The minimum absolute atomic E-state index is 0.327. The standard InChI is InChI=1S/C20H15NS/c1-3-8-15(9-4-1)17-14-19(16-10-5-2-6-11-16)22-18-12-7-13-21-20(17)18/h1-14,19H. The molecule has 1 unspecified atom stereocenters. The lowest BCUT2D eigenvalue weighted by molar-refractivity contribution is 1.12. The minimum Gasteiger partial charge on any atom is -0.255 e. The van der Waals surface area contributed by atoms with Gasteiger partial charge in [-0.1, -0.05) is 66.7 Å². The first-order chi connectivity index (χ1) is 10.9. The highest BCUT2D eigenvalue weighted by molar-refractivity contribution is 7.99. The van der Waals surface area contributed by atoms with Gasteiger partial charge in [-0.05, 0) is 23.3 Å². The molecule has 2 heteroatoms. The van der Waals surface area contributed by atoms with Crippen molar-refractivity contribution in [1.82, 2.24) is 4.98 Å². The van der Waals surface area contributed by atoms with E-state index >= 15 is 0 Å². The zero-order valence-corrected chi connectivity index (χ0v) is 12.8. The second-order valence-corrected chi connectivity index (χ2v) is 6.43. The van der Waals surface area contributed by atoms with Crippen LogP contribution in [0.3, 0.4) is 0 Å². The topological polar surface area (TPSA) is 12.9 Å². The van der Waals surface area contributed by atoms with Crippen molar-refractivity contribution in [3.8, 4) is 0 Å². The Labute approximate surface area is 134 Å². The average molecular weight is 301 g/mol. The lowest BCUT2D eigenvalue weighted by Crippen LogP contribution is -2.03. The van der Waals surface area contributed by atoms with Gasteiger partial charge in [0.1, 0.15) is 0 Å². The number of fused-ring (bicyclic) bond motifs is 1. The van der Waals surface area contributed by atoms with Crippen LogP contribution in [-0.4, -0.2) is 4.98 Å². The number of thioether (sulfide) groups is 1. The van der Waals surface area contributed by atoms with Gasteiger partial charge in [-0.25, -0.2) is 0 Å². The van der Waals surface area contributed by atoms with Crippen LogP contribution in [-0.2, 0) is 0 Å². The van der Waals surface area contributed by atoms with E-state index in [1.54, 1.807) is 0 Å². The SMILES string of the molecule is C1=C(c2ccccc2)c2ncccc2SC1c1ccccc1. The van der Waals surface area contributed by atoms with Gasteiger partial charge in [0.05, 0.1) is 10.9 Å². The smallest absolute Gasteiger partial charge is 0.0841 e. The molecule has 106 valence electrons. The molecule has 2 heterocycles. The summed E-state index contributed by atoms with van der Waals surface area (Å²) in [7, 11) is 0. The molecule has 1 atom stereocenters. The molecule has 0 spiro atoms. The number of benzene rings is 2. The van der Waals surface area contributed by atoms with Crippen LogP contribution < -0.4 is 0 Å². The van der Waals surface area contributed by atoms with Gasteiger partial charge in [-0.15, -0.1) is 11.8 Å². The van der Waals surface area contributed by atoms with Crippen LogP contribution >= 0.6 is 11.8 Å². The first-order valence-corrected chi connectivity index (χ1v) is 8.24. The minimum atomic E-state index is 0.327. The normalized spacial score (nSPS) is 16.7. The van der Waals surface area contributed by atoms with Gasteiger partial charge in [0, 0.05) is 16.7 Å². The molecule has 1 aliphatic heterocycles. The fourth-order valence-electron chi connectivity index (χ4n) is 2.75. The molecule has 0 amide bonds. The van der Waals surface area contributed by atoms with Crippen LogP contribution in [0.4, 0.5) is 0 Å². The van der Waals surface area contributed by atoms with Gasteiger partial charge in [-0.2, -0.15) is 0 Å². The average Bonchev–Trinajstić information content (AvgIpc) is 2.62. The third kappa shape index (κ3) is 2.46. The van der Waals surface area contributed by atoms with Crippen molar-refractivity contribution < 1.29 is 0 Å². The van der Waals surface area contributed by atoms with Crippen molar-refractivity contribution in [3.05, 3.63) is 102 Å². The van der Waals surface area contributed by atoms with E-state index in [9.17, 15) is 0 Å². The van der Waals surface area contributed by atoms with E-state index in [0.29, 0.717) is 5.25 Å². The molecule has 3 aromatic rings. The molecule has 1 aromatic heterocycles. The zero-order valence-electron chi connectivity index (χ0n) is 12.0. The molecule has 0 bridgehead atoms. The first kappa shape index (κ1) is 13.4. The van der Waals surface area contributed by atoms with Crippen molar-refractivity contribution in [2.45, 2.75) is 10.1 Å². The molecule has 1 nitrogen and oxygen atoms in total. The highest BCUT2D eigenvalue weighted by Crippen LogP contribution is 2.46. The highest BCUT2D eigenvalue weighted by atomic mass is 32.2. The Morgan fingerprint density at radius 3 is 2.27 bits per heavy atom.